The highest BCUT2D eigenvalue weighted by Crippen LogP contribution is 2.30. The van der Waals surface area contributed by atoms with Gasteiger partial charge in [0.05, 0.1) is 6.54 Å². The van der Waals surface area contributed by atoms with Crippen LogP contribution >= 0.6 is 11.3 Å². The fraction of sp³-hybridized carbons (Fsp3) is 0.500. The molecule has 3 atom stereocenters. The fourth-order valence-corrected chi connectivity index (χ4v) is 5.53. The minimum absolute atomic E-state index is 0.0184. The van der Waals surface area contributed by atoms with Crippen molar-refractivity contribution < 1.29 is 27.5 Å². The molecule has 0 radical (unpaired) electrons. The van der Waals surface area contributed by atoms with Gasteiger partial charge >= 0.3 is 6.36 Å². The van der Waals surface area contributed by atoms with Gasteiger partial charge in [0, 0.05) is 43.0 Å². The normalized spacial score (nSPS) is 23.4. The van der Waals surface area contributed by atoms with Gasteiger partial charge in [0.2, 0.25) is 11.8 Å². The lowest BCUT2D eigenvalue weighted by atomic mass is 10.0. The molecule has 1 aromatic carbocycles. The van der Waals surface area contributed by atoms with E-state index < -0.39 is 12.4 Å². The first-order chi connectivity index (χ1) is 16.7. The Morgan fingerprint density at radius 3 is 2.86 bits per heavy atom. The van der Waals surface area contributed by atoms with Crippen molar-refractivity contribution in [3.63, 3.8) is 0 Å². The Morgan fingerprint density at radius 1 is 1.29 bits per heavy atom. The van der Waals surface area contributed by atoms with Crippen LogP contribution < -0.4 is 15.4 Å². The molecule has 0 saturated carbocycles. The summed E-state index contributed by atoms with van der Waals surface area (Å²) in [4.78, 5) is 30.6. The summed E-state index contributed by atoms with van der Waals surface area (Å²) in [7, 11) is 1.98. The van der Waals surface area contributed by atoms with Gasteiger partial charge in [0.15, 0.2) is 0 Å². The van der Waals surface area contributed by atoms with Crippen LogP contribution in [-0.4, -0.2) is 66.2 Å². The Hall–Kier alpha value is -2.63. The topological polar surface area (TPSA) is 73.9 Å². The molecule has 4 rings (SSSR count). The van der Waals surface area contributed by atoms with E-state index in [0.29, 0.717) is 44.6 Å². The van der Waals surface area contributed by atoms with E-state index in [-0.39, 0.29) is 29.6 Å². The molecule has 0 bridgehead atoms. The van der Waals surface area contributed by atoms with Gasteiger partial charge in [0.25, 0.3) is 0 Å². The number of rotatable bonds is 8. The van der Waals surface area contributed by atoms with Crippen molar-refractivity contribution >= 4 is 23.2 Å². The number of benzene rings is 1. The first-order valence-corrected chi connectivity index (χ1v) is 12.4. The lowest BCUT2D eigenvalue weighted by Crippen LogP contribution is -2.49. The highest BCUT2D eigenvalue weighted by atomic mass is 32.1. The zero-order valence-electron chi connectivity index (χ0n) is 19.4. The SMILES string of the molecule is CN1[C@@H](CCC(=O)NCc2cccs2)CNC(=O)[C@@H]2[C@@H]1CCN2Cc1cccc(OC(F)(F)F)c1. The molecular formula is C24H29F3N4O3S. The number of amides is 2. The molecule has 35 heavy (non-hydrogen) atoms. The second kappa shape index (κ2) is 11.0. The number of nitrogens with zero attached hydrogens (tertiary/aromatic N) is 2. The van der Waals surface area contributed by atoms with Gasteiger partial charge in [-0.15, -0.1) is 24.5 Å². The molecular weight excluding hydrogens is 481 g/mol. The summed E-state index contributed by atoms with van der Waals surface area (Å²) >= 11 is 1.60. The van der Waals surface area contributed by atoms with Crippen molar-refractivity contribution in [2.75, 3.05) is 20.1 Å². The minimum atomic E-state index is -4.75. The molecule has 2 saturated heterocycles. The third kappa shape index (κ3) is 6.74. The summed E-state index contributed by atoms with van der Waals surface area (Å²) in [6.07, 6.45) is -3.01. The predicted octanol–water partition coefficient (Wildman–Crippen LogP) is 3.12. The summed E-state index contributed by atoms with van der Waals surface area (Å²) in [5.74, 6) is -0.384. The molecule has 2 aliphatic rings. The maximum atomic E-state index is 13.0. The van der Waals surface area contributed by atoms with Crippen LogP contribution in [0.15, 0.2) is 41.8 Å². The van der Waals surface area contributed by atoms with Crippen LogP contribution in [0.4, 0.5) is 13.2 Å². The van der Waals surface area contributed by atoms with Gasteiger partial charge in [-0.1, -0.05) is 18.2 Å². The average Bonchev–Trinajstić information content (AvgIpc) is 3.44. The smallest absolute Gasteiger partial charge is 0.406 e. The van der Waals surface area contributed by atoms with Crippen LogP contribution in [0, 0.1) is 0 Å². The number of hydrogen-bond donors (Lipinski definition) is 2. The van der Waals surface area contributed by atoms with E-state index in [1.807, 2.05) is 29.5 Å². The molecule has 0 spiro atoms. The first kappa shape index (κ1) is 25.5. The molecule has 0 unspecified atom stereocenters. The Kier molecular flexibility index (Phi) is 7.98. The Balaban J connectivity index is 1.34. The number of likely N-dealkylation sites (tertiary alicyclic amines) is 1. The van der Waals surface area contributed by atoms with Gasteiger partial charge in [-0.3, -0.25) is 19.4 Å². The van der Waals surface area contributed by atoms with Gasteiger partial charge in [-0.05, 0) is 49.0 Å². The molecule has 2 amide bonds. The zero-order chi connectivity index (χ0) is 25.0. The lowest BCUT2D eigenvalue weighted by molar-refractivity contribution is -0.274. The Bertz CT molecular complexity index is 1020. The molecule has 0 aliphatic carbocycles. The second-order valence-electron chi connectivity index (χ2n) is 8.93. The number of fused-ring (bicyclic) bond motifs is 1. The van der Waals surface area contributed by atoms with Gasteiger partial charge in [0.1, 0.15) is 11.8 Å². The van der Waals surface area contributed by atoms with Crippen LogP contribution in [0.2, 0.25) is 0 Å². The largest absolute Gasteiger partial charge is 0.573 e. The third-order valence-corrected chi connectivity index (χ3v) is 7.49. The van der Waals surface area contributed by atoms with Crippen LogP contribution in [0.1, 0.15) is 29.7 Å². The average molecular weight is 511 g/mol. The number of carbonyl (C=O) groups is 2. The molecule has 11 heteroatoms. The molecule has 2 aliphatic heterocycles. The monoisotopic (exact) mass is 510 g/mol. The molecule has 2 N–H and O–H groups in total. The molecule has 2 fully saturated rings. The van der Waals surface area contributed by atoms with E-state index in [0.717, 1.165) is 11.3 Å². The summed E-state index contributed by atoms with van der Waals surface area (Å²) in [6, 6.07) is 9.36. The Labute approximate surface area is 206 Å². The number of carbonyl (C=O) groups excluding carboxylic acids is 2. The molecule has 3 heterocycles. The number of nitrogens with one attached hydrogen (secondary N) is 2. The number of thiophene rings is 1. The summed E-state index contributed by atoms with van der Waals surface area (Å²) in [6.45, 7) is 1.95. The quantitative estimate of drug-likeness (QED) is 0.571. The van der Waals surface area contributed by atoms with Crippen LogP contribution in [0.3, 0.4) is 0 Å². The molecule has 190 valence electrons. The van der Waals surface area contributed by atoms with E-state index in [9.17, 15) is 22.8 Å². The number of alkyl halides is 3. The van der Waals surface area contributed by atoms with Crippen molar-refractivity contribution in [1.29, 1.82) is 0 Å². The molecule has 2 aromatic rings. The van der Waals surface area contributed by atoms with Crippen LogP contribution in [0.5, 0.6) is 5.75 Å². The highest BCUT2D eigenvalue weighted by Gasteiger charge is 2.45. The van der Waals surface area contributed by atoms with E-state index in [4.69, 9.17) is 0 Å². The number of halogens is 3. The third-order valence-electron chi connectivity index (χ3n) is 6.61. The van der Waals surface area contributed by atoms with Crippen molar-refractivity contribution in [3.05, 3.63) is 52.2 Å². The Morgan fingerprint density at radius 2 is 2.11 bits per heavy atom. The van der Waals surface area contributed by atoms with Crippen molar-refractivity contribution in [2.24, 2.45) is 0 Å². The first-order valence-electron chi connectivity index (χ1n) is 11.6. The zero-order valence-corrected chi connectivity index (χ0v) is 20.2. The van der Waals surface area contributed by atoms with Crippen LogP contribution in [0.25, 0.3) is 0 Å². The fourth-order valence-electron chi connectivity index (χ4n) is 4.89. The summed E-state index contributed by atoms with van der Waals surface area (Å²) in [5.41, 5.74) is 0.645. The summed E-state index contributed by atoms with van der Waals surface area (Å²) < 4.78 is 41.8. The molecule has 1 aromatic heterocycles. The number of ether oxygens (including phenoxy) is 1. The maximum absolute atomic E-state index is 13.0. The molecule has 7 nitrogen and oxygen atoms in total. The van der Waals surface area contributed by atoms with E-state index in [2.05, 4.69) is 20.3 Å². The van der Waals surface area contributed by atoms with E-state index >= 15 is 0 Å². The van der Waals surface area contributed by atoms with E-state index in [1.165, 1.54) is 18.2 Å². The lowest BCUT2D eigenvalue weighted by Gasteiger charge is -2.33. The number of likely N-dealkylation sites (N-methyl/N-ethyl adjacent to an activating group) is 1. The summed E-state index contributed by atoms with van der Waals surface area (Å²) in [5, 5.41) is 7.92. The minimum Gasteiger partial charge on any atom is -0.406 e. The van der Waals surface area contributed by atoms with Gasteiger partial charge in [-0.2, -0.15) is 0 Å². The predicted molar refractivity (Wildman–Crippen MR) is 126 cm³/mol. The standard InChI is InChI=1S/C24H29F3N4O3S/c1-30-17(7-8-21(32)28-14-19-6-3-11-35-19)13-29-23(33)22-20(30)9-10-31(22)15-16-4-2-5-18(12-16)34-24(25,26)27/h2-6,11-12,17,20,22H,7-10,13-15H2,1H3,(H,28,32)(H,29,33)/t17-,20-,22-/m0/s1. The van der Waals surface area contributed by atoms with Crippen molar-refractivity contribution in [2.45, 2.75) is 56.8 Å². The van der Waals surface area contributed by atoms with E-state index in [1.54, 1.807) is 17.4 Å². The second-order valence-corrected chi connectivity index (χ2v) is 9.96. The van der Waals surface area contributed by atoms with Gasteiger partial charge in [-0.25, -0.2) is 0 Å². The van der Waals surface area contributed by atoms with Gasteiger partial charge < -0.3 is 15.4 Å². The van der Waals surface area contributed by atoms with Crippen molar-refractivity contribution in [3.8, 4) is 5.75 Å². The highest BCUT2D eigenvalue weighted by molar-refractivity contribution is 7.09. The number of hydrogen-bond acceptors (Lipinski definition) is 6. The van der Waals surface area contributed by atoms with Crippen molar-refractivity contribution in [1.82, 2.24) is 20.4 Å². The maximum Gasteiger partial charge on any atom is 0.573 e. The van der Waals surface area contributed by atoms with Crippen LogP contribution in [-0.2, 0) is 22.7 Å².